The molecule has 1 heterocycles. The highest BCUT2D eigenvalue weighted by atomic mass is 16.2. The number of fused-ring (bicyclic) bond motifs is 1. The van der Waals surface area contributed by atoms with E-state index in [2.05, 4.69) is 18.2 Å². The lowest BCUT2D eigenvalue weighted by Crippen LogP contribution is -2.36. The topological polar surface area (TPSA) is 37.4 Å². The van der Waals surface area contributed by atoms with Gasteiger partial charge in [-0.3, -0.25) is 9.59 Å². The minimum absolute atomic E-state index is 0.395. The SMILES string of the molecule is O=CC(=O)N1CCc2c(cccc2-c2ccccc2)C1. The second-order valence-corrected chi connectivity index (χ2v) is 4.94. The summed E-state index contributed by atoms with van der Waals surface area (Å²) in [5, 5.41) is 0. The van der Waals surface area contributed by atoms with Gasteiger partial charge in [-0.1, -0.05) is 48.5 Å². The van der Waals surface area contributed by atoms with E-state index in [1.165, 1.54) is 16.7 Å². The predicted molar refractivity (Wildman–Crippen MR) is 77.1 cm³/mol. The van der Waals surface area contributed by atoms with Crippen LogP contribution in [0, 0.1) is 0 Å². The minimum Gasteiger partial charge on any atom is -0.332 e. The molecule has 0 radical (unpaired) electrons. The number of aldehydes is 1. The maximum absolute atomic E-state index is 11.5. The number of hydrogen-bond acceptors (Lipinski definition) is 2. The van der Waals surface area contributed by atoms with Crippen molar-refractivity contribution >= 4 is 12.2 Å². The van der Waals surface area contributed by atoms with Crippen LogP contribution in [0.1, 0.15) is 11.1 Å². The Balaban J connectivity index is 1.99. The third-order valence-electron chi connectivity index (χ3n) is 3.76. The summed E-state index contributed by atoms with van der Waals surface area (Å²) < 4.78 is 0. The number of carbonyl (C=O) groups is 2. The molecule has 1 amide bonds. The summed E-state index contributed by atoms with van der Waals surface area (Å²) in [5.74, 6) is -0.430. The fourth-order valence-electron chi connectivity index (χ4n) is 2.76. The van der Waals surface area contributed by atoms with Crippen molar-refractivity contribution in [3.8, 4) is 11.1 Å². The first-order valence-electron chi connectivity index (χ1n) is 6.70. The normalized spacial score (nSPS) is 13.7. The van der Waals surface area contributed by atoms with Crippen LogP contribution in [0.15, 0.2) is 48.5 Å². The maximum Gasteiger partial charge on any atom is 0.286 e. The Labute approximate surface area is 117 Å². The van der Waals surface area contributed by atoms with E-state index in [-0.39, 0.29) is 0 Å². The van der Waals surface area contributed by atoms with Gasteiger partial charge in [-0.2, -0.15) is 0 Å². The first kappa shape index (κ1) is 12.6. The third kappa shape index (κ3) is 2.23. The Morgan fingerprint density at radius 1 is 1.05 bits per heavy atom. The zero-order valence-corrected chi connectivity index (χ0v) is 11.1. The van der Waals surface area contributed by atoms with Crippen LogP contribution in [0.5, 0.6) is 0 Å². The van der Waals surface area contributed by atoms with Crippen LogP contribution in [-0.2, 0) is 22.6 Å². The monoisotopic (exact) mass is 265 g/mol. The first-order chi connectivity index (χ1) is 9.79. The molecule has 1 aliphatic heterocycles. The lowest BCUT2D eigenvalue weighted by molar-refractivity contribution is -0.139. The van der Waals surface area contributed by atoms with Gasteiger partial charge >= 0.3 is 0 Å². The van der Waals surface area contributed by atoms with Gasteiger partial charge in [0.1, 0.15) is 0 Å². The Bertz CT molecular complexity index is 649. The molecule has 2 aromatic rings. The fraction of sp³-hybridized carbons (Fsp3) is 0.176. The highest BCUT2D eigenvalue weighted by Crippen LogP contribution is 2.30. The van der Waals surface area contributed by atoms with Gasteiger partial charge in [0.15, 0.2) is 0 Å². The van der Waals surface area contributed by atoms with Crippen LogP contribution in [-0.4, -0.2) is 23.6 Å². The van der Waals surface area contributed by atoms with E-state index in [1.807, 2.05) is 30.3 Å². The first-order valence-corrected chi connectivity index (χ1v) is 6.70. The lowest BCUT2D eigenvalue weighted by atomic mass is 9.91. The van der Waals surface area contributed by atoms with E-state index in [1.54, 1.807) is 4.90 Å². The highest BCUT2D eigenvalue weighted by Gasteiger charge is 2.22. The molecule has 0 atom stereocenters. The van der Waals surface area contributed by atoms with Crippen molar-refractivity contribution in [2.24, 2.45) is 0 Å². The van der Waals surface area contributed by atoms with Crippen LogP contribution in [0.4, 0.5) is 0 Å². The van der Waals surface area contributed by atoms with E-state index >= 15 is 0 Å². The molecule has 3 nitrogen and oxygen atoms in total. The molecular formula is C17H15NO2. The van der Waals surface area contributed by atoms with Crippen molar-refractivity contribution in [1.82, 2.24) is 4.90 Å². The number of carbonyl (C=O) groups excluding carboxylic acids is 2. The molecule has 0 aromatic heterocycles. The van der Waals surface area contributed by atoms with Gasteiger partial charge < -0.3 is 4.90 Å². The van der Waals surface area contributed by atoms with Crippen LogP contribution in [0.2, 0.25) is 0 Å². The van der Waals surface area contributed by atoms with Gasteiger partial charge in [-0.05, 0) is 28.7 Å². The molecule has 0 aliphatic carbocycles. The number of nitrogens with zero attached hydrogens (tertiary/aromatic N) is 1. The number of hydrogen-bond donors (Lipinski definition) is 0. The van der Waals surface area contributed by atoms with E-state index in [9.17, 15) is 9.59 Å². The molecule has 0 saturated heterocycles. The van der Waals surface area contributed by atoms with Gasteiger partial charge in [0.05, 0.1) is 0 Å². The highest BCUT2D eigenvalue weighted by molar-refractivity contribution is 6.23. The zero-order chi connectivity index (χ0) is 13.9. The maximum atomic E-state index is 11.5. The van der Waals surface area contributed by atoms with Crippen molar-refractivity contribution in [2.75, 3.05) is 6.54 Å². The van der Waals surface area contributed by atoms with Crippen molar-refractivity contribution in [1.29, 1.82) is 0 Å². The Hall–Kier alpha value is -2.42. The summed E-state index contributed by atoms with van der Waals surface area (Å²) in [6.07, 6.45) is 1.19. The fourth-order valence-corrected chi connectivity index (χ4v) is 2.76. The number of rotatable bonds is 2. The standard InChI is InChI=1S/C17H15NO2/c19-12-17(20)18-10-9-16-14(11-18)7-4-8-15(16)13-5-2-1-3-6-13/h1-8,12H,9-11H2. The summed E-state index contributed by atoms with van der Waals surface area (Å²) in [6.45, 7) is 1.13. The molecule has 0 saturated carbocycles. The molecular weight excluding hydrogens is 250 g/mol. The molecule has 2 aromatic carbocycles. The van der Waals surface area contributed by atoms with Crippen molar-refractivity contribution in [3.05, 3.63) is 59.7 Å². The van der Waals surface area contributed by atoms with Gasteiger partial charge in [0.2, 0.25) is 6.29 Å². The van der Waals surface area contributed by atoms with Crippen LogP contribution in [0.3, 0.4) is 0 Å². The van der Waals surface area contributed by atoms with Gasteiger partial charge in [-0.25, -0.2) is 0 Å². The van der Waals surface area contributed by atoms with Crippen LogP contribution >= 0.6 is 0 Å². The molecule has 20 heavy (non-hydrogen) atoms. The van der Waals surface area contributed by atoms with Gasteiger partial charge in [0.25, 0.3) is 5.91 Å². The van der Waals surface area contributed by atoms with Crippen molar-refractivity contribution < 1.29 is 9.59 Å². The minimum atomic E-state index is -0.430. The summed E-state index contributed by atoms with van der Waals surface area (Å²) in [5.41, 5.74) is 4.84. The molecule has 0 fully saturated rings. The molecule has 0 unspecified atom stereocenters. The molecule has 0 spiro atoms. The second-order valence-electron chi connectivity index (χ2n) is 4.94. The Morgan fingerprint density at radius 3 is 2.60 bits per heavy atom. The van der Waals surface area contributed by atoms with E-state index < -0.39 is 5.91 Å². The molecule has 1 aliphatic rings. The quantitative estimate of drug-likeness (QED) is 0.618. The van der Waals surface area contributed by atoms with E-state index in [0.717, 1.165) is 12.0 Å². The van der Waals surface area contributed by atoms with E-state index in [4.69, 9.17) is 0 Å². The third-order valence-corrected chi connectivity index (χ3v) is 3.76. The largest absolute Gasteiger partial charge is 0.332 e. The predicted octanol–water partition coefficient (Wildman–Crippen LogP) is 2.44. The average Bonchev–Trinajstić information content (AvgIpc) is 2.53. The Morgan fingerprint density at radius 2 is 1.85 bits per heavy atom. The molecule has 100 valence electrons. The molecule has 0 bridgehead atoms. The van der Waals surface area contributed by atoms with E-state index in [0.29, 0.717) is 19.4 Å². The molecule has 3 heteroatoms. The summed E-state index contributed by atoms with van der Waals surface area (Å²) in [7, 11) is 0. The molecule has 0 N–H and O–H groups in total. The second kappa shape index (κ2) is 5.29. The number of amides is 1. The molecule has 3 rings (SSSR count). The van der Waals surface area contributed by atoms with Crippen molar-refractivity contribution in [3.63, 3.8) is 0 Å². The summed E-state index contributed by atoms with van der Waals surface area (Å²) in [6, 6.07) is 16.4. The van der Waals surface area contributed by atoms with Crippen LogP contribution < -0.4 is 0 Å². The van der Waals surface area contributed by atoms with Gasteiger partial charge in [-0.15, -0.1) is 0 Å². The Kier molecular flexibility index (Phi) is 3.33. The lowest BCUT2D eigenvalue weighted by Gasteiger charge is -2.28. The van der Waals surface area contributed by atoms with Crippen molar-refractivity contribution in [2.45, 2.75) is 13.0 Å². The summed E-state index contributed by atoms with van der Waals surface area (Å²) >= 11 is 0. The van der Waals surface area contributed by atoms with Crippen LogP contribution in [0.25, 0.3) is 11.1 Å². The number of benzene rings is 2. The summed E-state index contributed by atoms with van der Waals surface area (Å²) in [4.78, 5) is 23.7. The smallest absolute Gasteiger partial charge is 0.286 e. The zero-order valence-electron chi connectivity index (χ0n) is 11.1. The average molecular weight is 265 g/mol. The van der Waals surface area contributed by atoms with Gasteiger partial charge in [0, 0.05) is 13.1 Å².